The molecule has 0 saturated carbocycles. The number of aryl methyl sites for hydroxylation is 1. The summed E-state index contributed by atoms with van der Waals surface area (Å²) < 4.78 is 4.95. The Kier molecular flexibility index (Phi) is 9.95. The van der Waals surface area contributed by atoms with Crippen LogP contribution in [0.25, 0.3) is 0 Å². The van der Waals surface area contributed by atoms with Gasteiger partial charge in [0, 0.05) is 19.3 Å². The van der Waals surface area contributed by atoms with E-state index in [1.807, 2.05) is 24.3 Å². The summed E-state index contributed by atoms with van der Waals surface area (Å²) in [5.74, 6) is 0.0670. The fraction of sp³-hybridized carbons (Fsp3) is 0.312. The zero-order valence-electron chi connectivity index (χ0n) is 13.6. The van der Waals surface area contributed by atoms with E-state index in [4.69, 9.17) is 10.5 Å². The van der Waals surface area contributed by atoms with Crippen molar-refractivity contribution in [2.45, 2.75) is 26.9 Å². The molecule has 0 aliphatic carbocycles. The van der Waals surface area contributed by atoms with Gasteiger partial charge in [-0.2, -0.15) is 0 Å². The van der Waals surface area contributed by atoms with Crippen molar-refractivity contribution in [1.29, 1.82) is 0 Å². The van der Waals surface area contributed by atoms with E-state index in [0.717, 1.165) is 11.1 Å². The van der Waals surface area contributed by atoms with Gasteiger partial charge in [-0.25, -0.2) is 14.8 Å². The van der Waals surface area contributed by atoms with Gasteiger partial charge in [0.1, 0.15) is 0 Å². The lowest BCUT2D eigenvalue weighted by Gasteiger charge is -2.10. The second kappa shape index (κ2) is 10.8. The van der Waals surface area contributed by atoms with Crippen LogP contribution < -0.4 is 11.1 Å². The fourth-order valence-electron chi connectivity index (χ4n) is 2.06. The molecule has 0 amide bonds. The van der Waals surface area contributed by atoms with Gasteiger partial charge < -0.3 is 15.8 Å². The molecule has 3 N–H and O–H groups in total. The van der Waals surface area contributed by atoms with Gasteiger partial charge in [0.2, 0.25) is 5.95 Å². The van der Waals surface area contributed by atoms with E-state index in [9.17, 15) is 4.79 Å². The number of ether oxygens (including phenoxy) is 1. The lowest BCUT2D eigenvalue weighted by atomic mass is 10.1. The number of halogens is 2. The van der Waals surface area contributed by atoms with Gasteiger partial charge >= 0.3 is 5.97 Å². The molecule has 1 aromatic carbocycles. The molecule has 0 aliphatic heterocycles. The summed E-state index contributed by atoms with van der Waals surface area (Å²) in [6.07, 6.45) is 1.48. The normalized spacial score (nSPS) is 9.46. The average Bonchev–Trinajstić information content (AvgIpc) is 2.53. The molecule has 2 aromatic rings. The summed E-state index contributed by atoms with van der Waals surface area (Å²) in [6, 6.07) is 7.93. The summed E-state index contributed by atoms with van der Waals surface area (Å²) in [5, 5.41) is 3.14. The second-order valence-electron chi connectivity index (χ2n) is 4.74. The summed E-state index contributed by atoms with van der Waals surface area (Å²) in [6.45, 7) is 4.91. The van der Waals surface area contributed by atoms with Crippen LogP contribution in [0.4, 0.5) is 5.95 Å². The number of carbonyl (C=O) groups is 1. The zero-order chi connectivity index (χ0) is 15.9. The van der Waals surface area contributed by atoms with Crippen LogP contribution in [0.3, 0.4) is 0 Å². The van der Waals surface area contributed by atoms with Crippen molar-refractivity contribution in [2.75, 3.05) is 11.9 Å². The largest absolute Gasteiger partial charge is 0.462 e. The average molecular weight is 373 g/mol. The van der Waals surface area contributed by atoms with Crippen LogP contribution in [0.5, 0.6) is 0 Å². The Morgan fingerprint density at radius 3 is 2.50 bits per heavy atom. The van der Waals surface area contributed by atoms with Crippen LogP contribution in [-0.4, -0.2) is 22.5 Å². The van der Waals surface area contributed by atoms with Crippen molar-refractivity contribution in [3.8, 4) is 0 Å². The van der Waals surface area contributed by atoms with Crippen LogP contribution >= 0.6 is 24.8 Å². The Labute approximate surface area is 154 Å². The molecule has 0 saturated heterocycles. The highest BCUT2D eigenvalue weighted by Crippen LogP contribution is 2.12. The highest BCUT2D eigenvalue weighted by Gasteiger charge is 2.12. The van der Waals surface area contributed by atoms with E-state index in [1.54, 1.807) is 13.8 Å². The van der Waals surface area contributed by atoms with Crippen molar-refractivity contribution in [2.24, 2.45) is 5.73 Å². The molecule has 0 spiro atoms. The quantitative estimate of drug-likeness (QED) is 0.757. The van der Waals surface area contributed by atoms with E-state index in [-0.39, 0.29) is 24.8 Å². The van der Waals surface area contributed by atoms with Crippen LogP contribution in [-0.2, 0) is 17.8 Å². The van der Waals surface area contributed by atoms with Crippen molar-refractivity contribution >= 4 is 36.7 Å². The van der Waals surface area contributed by atoms with E-state index >= 15 is 0 Å². The van der Waals surface area contributed by atoms with E-state index in [1.165, 1.54) is 6.20 Å². The number of carbonyl (C=O) groups excluding carboxylic acids is 1. The molecule has 24 heavy (non-hydrogen) atoms. The highest BCUT2D eigenvalue weighted by molar-refractivity contribution is 5.90. The SMILES string of the molecule is CCOC(=O)c1cnc(NCc2ccccc2CN)nc1C.Cl.Cl. The number of nitrogens with two attached hydrogens (primary N) is 1. The van der Waals surface area contributed by atoms with Crippen molar-refractivity contribution in [3.05, 3.63) is 52.8 Å². The van der Waals surface area contributed by atoms with Gasteiger partial charge in [-0.05, 0) is 25.0 Å². The molecule has 0 bridgehead atoms. The van der Waals surface area contributed by atoms with Crippen molar-refractivity contribution in [3.63, 3.8) is 0 Å². The Balaban J connectivity index is 0.00000264. The van der Waals surface area contributed by atoms with Gasteiger partial charge in [0.15, 0.2) is 0 Å². The predicted molar refractivity (Wildman–Crippen MR) is 98.9 cm³/mol. The number of nitrogens with one attached hydrogen (secondary N) is 1. The molecule has 1 aromatic heterocycles. The Morgan fingerprint density at radius 1 is 1.25 bits per heavy atom. The maximum absolute atomic E-state index is 11.7. The topological polar surface area (TPSA) is 90.1 Å². The molecule has 0 unspecified atom stereocenters. The van der Waals surface area contributed by atoms with Gasteiger partial charge in [-0.1, -0.05) is 24.3 Å². The Hall–Kier alpha value is -1.89. The number of aromatic nitrogens is 2. The third-order valence-corrected chi connectivity index (χ3v) is 3.25. The van der Waals surface area contributed by atoms with Gasteiger partial charge in [-0.15, -0.1) is 24.8 Å². The predicted octanol–water partition coefficient (Wildman–Crippen LogP) is 2.88. The maximum Gasteiger partial charge on any atom is 0.341 e. The minimum absolute atomic E-state index is 0. The number of esters is 1. The monoisotopic (exact) mass is 372 g/mol. The maximum atomic E-state index is 11.7. The van der Waals surface area contributed by atoms with Crippen LogP contribution in [0.1, 0.15) is 34.1 Å². The number of benzene rings is 1. The highest BCUT2D eigenvalue weighted by atomic mass is 35.5. The number of hydrogen-bond donors (Lipinski definition) is 2. The fourth-order valence-corrected chi connectivity index (χ4v) is 2.06. The minimum Gasteiger partial charge on any atom is -0.462 e. The van der Waals surface area contributed by atoms with Crippen molar-refractivity contribution in [1.82, 2.24) is 9.97 Å². The molecule has 0 atom stereocenters. The zero-order valence-corrected chi connectivity index (χ0v) is 15.2. The van der Waals surface area contributed by atoms with Crippen molar-refractivity contribution < 1.29 is 9.53 Å². The molecule has 0 aliphatic rings. The van der Waals surface area contributed by atoms with Crippen LogP contribution in [0.15, 0.2) is 30.5 Å². The summed E-state index contributed by atoms with van der Waals surface area (Å²) in [7, 11) is 0. The molecule has 2 rings (SSSR count). The molecular formula is C16H22Cl2N4O2. The molecule has 0 radical (unpaired) electrons. The Morgan fingerprint density at radius 2 is 1.92 bits per heavy atom. The Bertz CT molecular complexity index is 668. The first kappa shape index (κ1) is 22.1. The lowest BCUT2D eigenvalue weighted by molar-refractivity contribution is 0.0524. The first-order chi connectivity index (χ1) is 10.7. The third kappa shape index (κ3) is 5.63. The second-order valence-corrected chi connectivity index (χ2v) is 4.74. The smallest absolute Gasteiger partial charge is 0.341 e. The first-order valence-corrected chi connectivity index (χ1v) is 7.17. The van der Waals surface area contributed by atoms with E-state index in [2.05, 4.69) is 15.3 Å². The summed E-state index contributed by atoms with van der Waals surface area (Å²) in [4.78, 5) is 20.2. The molecule has 8 heteroatoms. The minimum atomic E-state index is -0.403. The third-order valence-electron chi connectivity index (χ3n) is 3.25. The van der Waals surface area contributed by atoms with Gasteiger partial charge in [0.25, 0.3) is 0 Å². The number of rotatable bonds is 6. The first-order valence-electron chi connectivity index (χ1n) is 7.17. The van der Waals surface area contributed by atoms with Crippen LogP contribution in [0, 0.1) is 6.92 Å². The molecule has 0 fully saturated rings. The summed E-state index contributed by atoms with van der Waals surface area (Å²) >= 11 is 0. The van der Waals surface area contributed by atoms with Gasteiger partial charge in [0.05, 0.1) is 17.9 Å². The lowest BCUT2D eigenvalue weighted by Crippen LogP contribution is -2.12. The number of nitrogens with zero attached hydrogens (tertiary/aromatic N) is 2. The van der Waals surface area contributed by atoms with E-state index in [0.29, 0.717) is 36.9 Å². The molecule has 1 heterocycles. The van der Waals surface area contributed by atoms with Crippen LogP contribution in [0.2, 0.25) is 0 Å². The van der Waals surface area contributed by atoms with E-state index < -0.39 is 5.97 Å². The number of hydrogen-bond acceptors (Lipinski definition) is 6. The molecule has 6 nitrogen and oxygen atoms in total. The molecule has 132 valence electrons. The van der Waals surface area contributed by atoms with Gasteiger partial charge in [-0.3, -0.25) is 0 Å². The molecular weight excluding hydrogens is 351 g/mol. The number of anilines is 1. The summed E-state index contributed by atoms with van der Waals surface area (Å²) in [5.41, 5.74) is 8.86. The standard InChI is InChI=1S/C16H20N4O2.2ClH/c1-3-22-15(21)14-10-19-16(20-11(14)2)18-9-13-7-5-4-6-12(13)8-17;;/h4-7,10H,3,8-9,17H2,1-2H3,(H,18,19,20);2*1H.